The molecule has 0 aromatic heterocycles. The van der Waals surface area contributed by atoms with E-state index in [9.17, 15) is 19.5 Å². The van der Waals surface area contributed by atoms with E-state index < -0.39 is 18.1 Å². The molecule has 0 heterocycles. The number of unbranched alkanes of at least 4 members (excludes halogenated alkanes) is 24. The lowest BCUT2D eigenvalue weighted by molar-refractivity contribution is -0.887. The fraction of sp³-hybridized carbons (Fsp3) is 0.929. The molecule has 0 amide bonds. The lowest BCUT2D eigenvalue weighted by Crippen LogP contribution is -2.50. The molecule has 0 aliphatic heterocycles. The number of carboxylic acids is 1. The summed E-state index contributed by atoms with van der Waals surface area (Å²) in [6, 6.07) is -0.607. The molecule has 0 rings (SSSR count). The van der Waals surface area contributed by atoms with Crippen LogP contribution in [-0.4, -0.2) is 80.6 Å². The van der Waals surface area contributed by atoms with Gasteiger partial charge >= 0.3 is 17.9 Å². The summed E-state index contributed by atoms with van der Waals surface area (Å²) in [5.74, 6) is -1.45. The molecule has 2 atom stereocenters. The number of carbonyl (C=O) groups is 3. The summed E-state index contributed by atoms with van der Waals surface area (Å²) in [7, 11) is 5.53. The lowest BCUT2D eigenvalue weighted by atomic mass is 10.0. The first-order valence-corrected chi connectivity index (χ1v) is 21.1. The smallest absolute Gasteiger partial charge is 0.362 e. The van der Waals surface area contributed by atoms with Crippen molar-refractivity contribution >= 4 is 17.9 Å². The topological polar surface area (TPSA) is 99.1 Å². The molecule has 0 aliphatic carbocycles. The van der Waals surface area contributed by atoms with E-state index in [1.54, 1.807) is 0 Å². The molecule has 0 aliphatic rings. The first kappa shape index (κ1) is 48.3. The van der Waals surface area contributed by atoms with Gasteiger partial charge in [-0.1, -0.05) is 168 Å². The van der Waals surface area contributed by atoms with Gasteiger partial charge in [0, 0.05) is 19.3 Å². The minimum absolute atomic E-state index is 0.0423. The average Bonchev–Trinajstić information content (AvgIpc) is 3.06. The van der Waals surface area contributed by atoms with Crippen LogP contribution < -0.4 is 0 Å². The molecule has 8 heteroatoms. The van der Waals surface area contributed by atoms with E-state index in [4.69, 9.17) is 14.2 Å². The van der Waals surface area contributed by atoms with Crippen molar-refractivity contribution in [3.8, 4) is 0 Å². The number of quaternary nitrogens is 1. The molecule has 0 fully saturated rings. The van der Waals surface area contributed by atoms with Crippen LogP contribution in [0.5, 0.6) is 0 Å². The van der Waals surface area contributed by atoms with Gasteiger partial charge in [-0.05, 0) is 12.8 Å². The quantitative estimate of drug-likeness (QED) is 0.0386. The number of aliphatic carboxylic acids is 1. The Morgan fingerprint density at radius 3 is 1.24 bits per heavy atom. The van der Waals surface area contributed by atoms with Crippen molar-refractivity contribution in [1.29, 1.82) is 0 Å². The van der Waals surface area contributed by atoms with Crippen molar-refractivity contribution < 1.29 is 38.2 Å². The molecule has 0 bridgehead atoms. The van der Waals surface area contributed by atoms with Gasteiger partial charge in [-0.3, -0.25) is 9.59 Å². The summed E-state index contributed by atoms with van der Waals surface area (Å²) in [6.07, 6.45) is 32.7. The highest BCUT2D eigenvalue weighted by molar-refractivity contribution is 5.72. The zero-order valence-corrected chi connectivity index (χ0v) is 33.6. The molecule has 8 nitrogen and oxygen atoms in total. The second-order valence-corrected chi connectivity index (χ2v) is 15.6. The fourth-order valence-electron chi connectivity index (χ4n) is 6.45. The van der Waals surface area contributed by atoms with Crippen molar-refractivity contribution in [2.45, 2.75) is 212 Å². The third-order valence-electron chi connectivity index (χ3n) is 9.76. The van der Waals surface area contributed by atoms with Crippen LogP contribution in [0, 0.1) is 0 Å². The SMILES string of the molecule is CCCCCCCCCCCCCCCC(=O)OC[C@H](COCC[C@@H](C(=O)O)[N+](C)(C)C)OC(=O)CCCCCCCCCCCCCCC. The molecular formula is C42H82NO7+. The van der Waals surface area contributed by atoms with Gasteiger partial charge < -0.3 is 23.8 Å². The van der Waals surface area contributed by atoms with Gasteiger partial charge in [-0.2, -0.15) is 0 Å². The Bertz CT molecular complexity index is 797. The van der Waals surface area contributed by atoms with E-state index in [1.165, 1.54) is 128 Å². The van der Waals surface area contributed by atoms with Crippen LogP contribution in [0.15, 0.2) is 0 Å². The molecule has 1 N–H and O–H groups in total. The van der Waals surface area contributed by atoms with Gasteiger partial charge in [0.25, 0.3) is 0 Å². The number of hydrogen-bond acceptors (Lipinski definition) is 6. The molecule has 0 aromatic rings. The summed E-state index contributed by atoms with van der Waals surface area (Å²) in [4.78, 5) is 36.8. The van der Waals surface area contributed by atoms with Crippen LogP contribution in [0.2, 0.25) is 0 Å². The van der Waals surface area contributed by atoms with Crippen molar-refractivity contribution in [1.82, 2.24) is 0 Å². The maximum atomic E-state index is 12.7. The Hall–Kier alpha value is -1.67. The van der Waals surface area contributed by atoms with E-state index >= 15 is 0 Å². The van der Waals surface area contributed by atoms with E-state index in [2.05, 4.69) is 13.8 Å². The van der Waals surface area contributed by atoms with Gasteiger partial charge in [0.15, 0.2) is 12.1 Å². The molecule has 0 spiro atoms. The Morgan fingerprint density at radius 2 is 0.880 bits per heavy atom. The second-order valence-electron chi connectivity index (χ2n) is 15.6. The Balaban J connectivity index is 4.34. The van der Waals surface area contributed by atoms with Crippen LogP contribution in [0.25, 0.3) is 0 Å². The van der Waals surface area contributed by atoms with Crippen LogP contribution in [0.4, 0.5) is 0 Å². The molecule has 296 valence electrons. The number of rotatable bonds is 38. The molecule has 0 radical (unpaired) electrons. The summed E-state index contributed by atoms with van der Waals surface area (Å²) in [5, 5.41) is 9.59. The highest BCUT2D eigenvalue weighted by Gasteiger charge is 2.31. The molecule has 0 saturated heterocycles. The van der Waals surface area contributed by atoms with Gasteiger partial charge in [0.1, 0.15) is 6.61 Å². The maximum Gasteiger partial charge on any atom is 0.362 e. The first-order valence-electron chi connectivity index (χ1n) is 21.1. The molecule has 0 saturated carbocycles. The number of nitrogens with zero attached hydrogens (tertiary/aromatic N) is 1. The van der Waals surface area contributed by atoms with Crippen molar-refractivity contribution in [2.75, 3.05) is 41.0 Å². The molecule has 50 heavy (non-hydrogen) atoms. The standard InChI is InChI=1S/C42H81NO7/c1-6-8-10-12-14-16-18-20-22-24-26-28-30-32-40(44)49-37-38(36-48-35-34-39(42(46)47)43(3,4)5)50-41(45)33-31-29-27-25-23-21-19-17-15-13-11-9-7-2/h38-39H,6-37H2,1-5H3/p+1/t38-,39-/m0/s1. The zero-order chi connectivity index (χ0) is 37.1. The highest BCUT2D eigenvalue weighted by Crippen LogP contribution is 2.15. The van der Waals surface area contributed by atoms with E-state index in [-0.39, 0.29) is 36.2 Å². The first-order chi connectivity index (χ1) is 24.1. The monoisotopic (exact) mass is 713 g/mol. The van der Waals surface area contributed by atoms with Gasteiger partial charge in [-0.15, -0.1) is 0 Å². The highest BCUT2D eigenvalue weighted by atomic mass is 16.6. The lowest BCUT2D eigenvalue weighted by Gasteiger charge is -2.31. The number of carbonyl (C=O) groups excluding carboxylic acids is 2. The predicted molar refractivity (Wildman–Crippen MR) is 206 cm³/mol. The molecular weight excluding hydrogens is 630 g/mol. The van der Waals surface area contributed by atoms with Crippen LogP contribution in [-0.2, 0) is 28.6 Å². The van der Waals surface area contributed by atoms with Gasteiger partial charge in [-0.25, -0.2) is 4.79 Å². The maximum absolute atomic E-state index is 12.7. The third kappa shape index (κ3) is 32.3. The Labute approximate surface area is 308 Å². The third-order valence-corrected chi connectivity index (χ3v) is 9.76. The minimum Gasteiger partial charge on any atom is -0.477 e. The number of ether oxygens (including phenoxy) is 3. The number of hydrogen-bond donors (Lipinski definition) is 1. The molecule has 0 aromatic carbocycles. The number of esters is 2. The molecule has 0 unspecified atom stereocenters. The van der Waals surface area contributed by atoms with Crippen molar-refractivity contribution in [2.24, 2.45) is 0 Å². The minimum atomic E-state index is -0.871. The largest absolute Gasteiger partial charge is 0.477 e. The van der Waals surface area contributed by atoms with E-state index in [1.807, 2.05) is 21.1 Å². The van der Waals surface area contributed by atoms with Gasteiger partial charge in [0.05, 0.1) is 34.4 Å². The van der Waals surface area contributed by atoms with Crippen LogP contribution in [0.3, 0.4) is 0 Å². The Morgan fingerprint density at radius 1 is 0.520 bits per heavy atom. The fourth-order valence-corrected chi connectivity index (χ4v) is 6.45. The summed E-state index contributed by atoms with van der Waals surface area (Å²) in [5.41, 5.74) is 0. The zero-order valence-electron chi connectivity index (χ0n) is 33.6. The summed E-state index contributed by atoms with van der Waals surface area (Å²) < 4.78 is 17.3. The number of likely N-dealkylation sites (N-methyl/N-ethyl adjacent to an activating group) is 1. The Kier molecular flexibility index (Phi) is 33.3. The summed E-state index contributed by atoms with van der Waals surface area (Å²) >= 11 is 0. The van der Waals surface area contributed by atoms with Crippen LogP contribution in [0.1, 0.15) is 200 Å². The number of carboxylic acid groups (broad SMARTS) is 1. The van der Waals surface area contributed by atoms with Crippen LogP contribution >= 0.6 is 0 Å². The van der Waals surface area contributed by atoms with Gasteiger partial charge in [0.2, 0.25) is 0 Å². The second kappa shape index (κ2) is 34.4. The summed E-state index contributed by atoms with van der Waals surface area (Å²) in [6.45, 7) is 4.76. The normalized spacial score (nSPS) is 12.9. The predicted octanol–water partition coefficient (Wildman–Crippen LogP) is 11.0. The van der Waals surface area contributed by atoms with Crippen molar-refractivity contribution in [3.05, 3.63) is 0 Å². The van der Waals surface area contributed by atoms with E-state index in [0.717, 1.165) is 38.5 Å². The average molecular weight is 713 g/mol. The van der Waals surface area contributed by atoms with Crippen molar-refractivity contribution in [3.63, 3.8) is 0 Å². The van der Waals surface area contributed by atoms with E-state index in [0.29, 0.717) is 19.3 Å².